The molecule has 2 rings (SSSR count). The van der Waals surface area contributed by atoms with Gasteiger partial charge in [-0.2, -0.15) is 12.7 Å². The average molecular weight is 320 g/mol. The summed E-state index contributed by atoms with van der Waals surface area (Å²) in [6.07, 6.45) is 2.40. The van der Waals surface area contributed by atoms with E-state index in [0.29, 0.717) is 25.9 Å². The number of carboxylic acid groups (broad SMARTS) is 1. The van der Waals surface area contributed by atoms with Gasteiger partial charge in [0.05, 0.1) is 17.6 Å². The summed E-state index contributed by atoms with van der Waals surface area (Å²) in [5.74, 6) is -0.911. The Bertz CT molecular complexity index is 477. The lowest BCUT2D eigenvalue weighted by molar-refractivity contribution is -0.148. The molecule has 0 aromatic carbocycles. The molecular formula is C13H24N2O5S. The van der Waals surface area contributed by atoms with E-state index in [1.807, 2.05) is 13.8 Å². The van der Waals surface area contributed by atoms with Gasteiger partial charge < -0.3 is 9.84 Å². The molecule has 1 aliphatic heterocycles. The number of ether oxygens (including phenoxy) is 1. The Kier molecular flexibility index (Phi) is 4.92. The third kappa shape index (κ3) is 3.74. The number of aliphatic carboxylic acids is 1. The van der Waals surface area contributed by atoms with Crippen molar-refractivity contribution in [1.82, 2.24) is 9.03 Å². The zero-order valence-electron chi connectivity index (χ0n) is 12.5. The van der Waals surface area contributed by atoms with Crippen molar-refractivity contribution in [1.29, 1.82) is 0 Å². The van der Waals surface area contributed by atoms with Crippen LogP contribution in [0.15, 0.2) is 0 Å². The Morgan fingerprint density at radius 1 is 1.29 bits per heavy atom. The molecule has 1 aliphatic carbocycles. The third-order valence-electron chi connectivity index (χ3n) is 4.33. The van der Waals surface area contributed by atoms with Gasteiger partial charge in [-0.15, -0.1) is 0 Å². The highest BCUT2D eigenvalue weighted by Crippen LogP contribution is 2.38. The predicted molar refractivity (Wildman–Crippen MR) is 77.0 cm³/mol. The quantitative estimate of drug-likeness (QED) is 0.772. The van der Waals surface area contributed by atoms with Crippen molar-refractivity contribution in [2.75, 3.05) is 19.6 Å². The molecule has 2 N–H and O–H groups in total. The second-order valence-electron chi connectivity index (χ2n) is 6.19. The van der Waals surface area contributed by atoms with Crippen LogP contribution in [0.2, 0.25) is 0 Å². The highest BCUT2D eigenvalue weighted by Gasteiger charge is 2.43. The molecule has 0 amide bonds. The van der Waals surface area contributed by atoms with E-state index in [1.165, 1.54) is 4.31 Å². The van der Waals surface area contributed by atoms with Gasteiger partial charge in [0.25, 0.3) is 10.2 Å². The minimum absolute atomic E-state index is 0.0369. The van der Waals surface area contributed by atoms with E-state index in [1.54, 1.807) is 0 Å². The van der Waals surface area contributed by atoms with Crippen molar-refractivity contribution in [3.8, 4) is 0 Å². The first-order chi connectivity index (χ1) is 9.75. The summed E-state index contributed by atoms with van der Waals surface area (Å²) >= 11 is 0. The Morgan fingerprint density at radius 3 is 2.29 bits per heavy atom. The molecule has 0 aromatic heterocycles. The highest BCUT2D eigenvalue weighted by atomic mass is 32.2. The van der Waals surface area contributed by atoms with Gasteiger partial charge in [-0.3, -0.25) is 4.79 Å². The van der Waals surface area contributed by atoms with Crippen molar-refractivity contribution in [3.63, 3.8) is 0 Å². The van der Waals surface area contributed by atoms with Gasteiger partial charge in [0.1, 0.15) is 0 Å². The topological polar surface area (TPSA) is 95.9 Å². The number of hydrogen-bond acceptors (Lipinski definition) is 4. The van der Waals surface area contributed by atoms with E-state index in [0.717, 1.165) is 12.8 Å². The number of morpholine rings is 1. The second-order valence-corrected chi connectivity index (χ2v) is 7.95. The van der Waals surface area contributed by atoms with Crippen LogP contribution in [0.25, 0.3) is 0 Å². The smallest absolute Gasteiger partial charge is 0.310 e. The molecule has 0 bridgehead atoms. The number of rotatable bonds is 5. The molecule has 7 nitrogen and oxygen atoms in total. The molecule has 0 radical (unpaired) electrons. The first-order valence-corrected chi connectivity index (χ1v) is 8.83. The zero-order valence-corrected chi connectivity index (χ0v) is 13.4. The van der Waals surface area contributed by atoms with Crippen LogP contribution in [-0.4, -0.2) is 55.6 Å². The van der Waals surface area contributed by atoms with Crippen LogP contribution in [0.1, 0.15) is 39.5 Å². The summed E-state index contributed by atoms with van der Waals surface area (Å²) in [6, 6.07) is 0. The molecule has 0 aromatic rings. The van der Waals surface area contributed by atoms with Crippen LogP contribution in [0.3, 0.4) is 0 Å². The number of nitrogens with zero attached hydrogens (tertiary/aromatic N) is 1. The first-order valence-electron chi connectivity index (χ1n) is 7.39. The van der Waals surface area contributed by atoms with Crippen molar-refractivity contribution in [2.45, 2.75) is 51.7 Å². The maximum atomic E-state index is 12.4. The molecule has 1 heterocycles. The van der Waals surface area contributed by atoms with E-state index in [4.69, 9.17) is 4.74 Å². The van der Waals surface area contributed by atoms with Gasteiger partial charge in [-0.1, -0.05) is 12.8 Å². The summed E-state index contributed by atoms with van der Waals surface area (Å²) in [5.41, 5.74) is -0.948. The van der Waals surface area contributed by atoms with E-state index in [-0.39, 0.29) is 18.8 Å². The Hall–Kier alpha value is -0.700. The fourth-order valence-electron chi connectivity index (χ4n) is 3.17. The van der Waals surface area contributed by atoms with E-state index < -0.39 is 21.6 Å². The van der Waals surface area contributed by atoms with Crippen molar-refractivity contribution < 1.29 is 23.1 Å². The zero-order chi connectivity index (χ0) is 15.7. The van der Waals surface area contributed by atoms with Crippen molar-refractivity contribution in [2.24, 2.45) is 5.41 Å². The Labute approximate surface area is 125 Å². The summed E-state index contributed by atoms with van der Waals surface area (Å²) in [6.45, 7) is 4.20. The van der Waals surface area contributed by atoms with E-state index >= 15 is 0 Å². The van der Waals surface area contributed by atoms with Crippen molar-refractivity contribution >= 4 is 16.2 Å². The Balaban J connectivity index is 2.02. The fraction of sp³-hybridized carbons (Fsp3) is 0.923. The summed E-state index contributed by atoms with van der Waals surface area (Å²) in [4.78, 5) is 11.5. The molecular weight excluding hydrogens is 296 g/mol. The van der Waals surface area contributed by atoms with Gasteiger partial charge in [0, 0.05) is 19.6 Å². The van der Waals surface area contributed by atoms with Crippen LogP contribution in [0.5, 0.6) is 0 Å². The highest BCUT2D eigenvalue weighted by molar-refractivity contribution is 7.87. The number of carbonyl (C=O) groups is 1. The number of hydrogen-bond donors (Lipinski definition) is 2. The lowest BCUT2D eigenvalue weighted by atomic mass is 9.87. The lowest BCUT2D eigenvalue weighted by Crippen LogP contribution is -2.53. The molecule has 2 atom stereocenters. The predicted octanol–water partition coefficient (Wildman–Crippen LogP) is 0.575. The lowest BCUT2D eigenvalue weighted by Gasteiger charge is -2.35. The Morgan fingerprint density at radius 2 is 1.81 bits per heavy atom. The largest absolute Gasteiger partial charge is 0.481 e. The van der Waals surface area contributed by atoms with Crippen LogP contribution in [-0.2, 0) is 19.7 Å². The minimum Gasteiger partial charge on any atom is -0.481 e. The first kappa shape index (κ1) is 16.7. The molecule has 21 heavy (non-hydrogen) atoms. The second kappa shape index (κ2) is 6.20. The maximum absolute atomic E-state index is 12.4. The molecule has 2 unspecified atom stereocenters. The van der Waals surface area contributed by atoms with Crippen LogP contribution in [0.4, 0.5) is 0 Å². The summed E-state index contributed by atoms with van der Waals surface area (Å²) in [5, 5.41) is 9.39. The molecule has 0 spiro atoms. The normalized spacial score (nSPS) is 30.4. The van der Waals surface area contributed by atoms with E-state index in [2.05, 4.69) is 4.72 Å². The monoisotopic (exact) mass is 320 g/mol. The summed E-state index contributed by atoms with van der Waals surface area (Å²) < 4.78 is 34.1. The van der Waals surface area contributed by atoms with Gasteiger partial charge in [0.2, 0.25) is 0 Å². The number of carboxylic acids is 1. The van der Waals surface area contributed by atoms with Gasteiger partial charge in [-0.05, 0) is 26.7 Å². The molecule has 1 saturated heterocycles. The van der Waals surface area contributed by atoms with Gasteiger partial charge in [-0.25, -0.2) is 4.72 Å². The molecule has 2 aliphatic rings. The molecule has 2 fully saturated rings. The number of nitrogens with one attached hydrogen (secondary N) is 1. The van der Waals surface area contributed by atoms with Crippen molar-refractivity contribution in [3.05, 3.63) is 0 Å². The summed E-state index contributed by atoms with van der Waals surface area (Å²) in [7, 11) is -3.67. The molecule has 8 heteroatoms. The fourth-order valence-corrected chi connectivity index (χ4v) is 4.62. The van der Waals surface area contributed by atoms with Crippen LogP contribution < -0.4 is 4.72 Å². The van der Waals surface area contributed by atoms with E-state index in [9.17, 15) is 18.3 Å². The van der Waals surface area contributed by atoms with Gasteiger partial charge >= 0.3 is 5.97 Å². The van der Waals surface area contributed by atoms with Crippen LogP contribution in [0, 0.1) is 5.41 Å². The van der Waals surface area contributed by atoms with Gasteiger partial charge in [0.15, 0.2) is 0 Å². The minimum atomic E-state index is -3.67. The third-order valence-corrected chi connectivity index (χ3v) is 5.82. The standard InChI is InChI=1S/C13H24N2O5S/c1-10-7-15(8-11(2)20-10)21(18,19)14-9-13(12(16)17)5-3-4-6-13/h10-11,14H,3-9H2,1-2H3,(H,16,17). The SMILES string of the molecule is CC1CN(S(=O)(=O)NCC2(C(=O)O)CCCC2)CC(C)O1. The average Bonchev–Trinajstić information content (AvgIpc) is 2.85. The maximum Gasteiger partial charge on any atom is 0.310 e. The molecule has 122 valence electrons. The molecule has 1 saturated carbocycles. The van der Waals surface area contributed by atoms with Crippen LogP contribution >= 0.6 is 0 Å².